The van der Waals surface area contributed by atoms with Crippen molar-refractivity contribution in [2.45, 2.75) is 6.92 Å². The van der Waals surface area contributed by atoms with E-state index >= 15 is 0 Å². The van der Waals surface area contributed by atoms with Crippen molar-refractivity contribution in [1.82, 2.24) is 10.3 Å². The summed E-state index contributed by atoms with van der Waals surface area (Å²) >= 11 is 0. The van der Waals surface area contributed by atoms with Gasteiger partial charge in [-0.1, -0.05) is 6.92 Å². The number of fused-ring (bicyclic) bond motifs is 1. The summed E-state index contributed by atoms with van der Waals surface area (Å²) in [5.74, 6) is -0.795. The number of halogens is 1. The summed E-state index contributed by atoms with van der Waals surface area (Å²) in [5.41, 5.74) is 7.05. The molecule has 1 aromatic carbocycles. The van der Waals surface area contributed by atoms with Crippen LogP contribution in [-0.2, 0) is 4.79 Å². The van der Waals surface area contributed by atoms with Gasteiger partial charge in [-0.3, -0.25) is 9.78 Å². The van der Waals surface area contributed by atoms with E-state index in [0.717, 1.165) is 0 Å². The Bertz CT molecular complexity index is 674. The molecule has 1 unspecified atom stereocenters. The van der Waals surface area contributed by atoms with Crippen LogP contribution in [0, 0.1) is 11.7 Å². The van der Waals surface area contributed by atoms with Gasteiger partial charge in [0, 0.05) is 37.9 Å². The summed E-state index contributed by atoms with van der Waals surface area (Å²) in [7, 11) is 3.32. The van der Waals surface area contributed by atoms with Crippen LogP contribution < -0.4 is 16.0 Å². The first-order chi connectivity index (χ1) is 9.95. The van der Waals surface area contributed by atoms with Gasteiger partial charge in [-0.25, -0.2) is 4.39 Å². The summed E-state index contributed by atoms with van der Waals surface area (Å²) in [6, 6.07) is 4.85. The Labute approximate surface area is 122 Å². The third kappa shape index (κ3) is 2.89. The molecule has 1 amide bonds. The van der Waals surface area contributed by atoms with Crippen LogP contribution in [0.3, 0.4) is 0 Å². The maximum absolute atomic E-state index is 14.3. The first kappa shape index (κ1) is 15.0. The monoisotopic (exact) mass is 290 g/mol. The smallest absolute Gasteiger partial charge is 0.224 e. The normalized spacial score (nSPS) is 12.2. The maximum Gasteiger partial charge on any atom is 0.224 e. The molecule has 0 aliphatic rings. The minimum atomic E-state index is -0.440. The summed E-state index contributed by atoms with van der Waals surface area (Å²) in [4.78, 5) is 17.5. The lowest BCUT2D eigenvalue weighted by molar-refractivity contribution is -0.123. The summed E-state index contributed by atoms with van der Waals surface area (Å²) in [6.07, 6.45) is 1.60. The average Bonchev–Trinajstić information content (AvgIpc) is 2.46. The lowest BCUT2D eigenvalue weighted by atomic mass is 10.1. The van der Waals surface area contributed by atoms with Crippen molar-refractivity contribution in [3.8, 4) is 0 Å². The maximum atomic E-state index is 14.3. The Morgan fingerprint density at radius 2 is 2.29 bits per heavy atom. The van der Waals surface area contributed by atoms with Crippen molar-refractivity contribution >= 4 is 28.2 Å². The van der Waals surface area contributed by atoms with E-state index in [4.69, 9.17) is 5.73 Å². The van der Waals surface area contributed by atoms with Crippen LogP contribution in [0.1, 0.15) is 6.92 Å². The Hall–Kier alpha value is -2.37. The fourth-order valence-corrected chi connectivity index (χ4v) is 2.42. The fraction of sp³-hybridized carbons (Fsp3) is 0.333. The van der Waals surface area contributed by atoms with E-state index in [1.165, 1.54) is 6.07 Å². The third-order valence-corrected chi connectivity index (χ3v) is 3.47. The highest BCUT2D eigenvalue weighted by atomic mass is 19.1. The van der Waals surface area contributed by atoms with Crippen LogP contribution in [-0.4, -0.2) is 31.5 Å². The van der Waals surface area contributed by atoms with Gasteiger partial charge in [0.15, 0.2) is 5.82 Å². The van der Waals surface area contributed by atoms with Crippen molar-refractivity contribution < 1.29 is 9.18 Å². The van der Waals surface area contributed by atoms with Crippen molar-refractivity contribution in [2.75, 3.05) is 31.3 Å². The van der Waals surface area contributed by atoms with Gasteiger partial charge < -0.3 is 16.0 Å². The van der Waals surface area contributed by atoms with E-state index < -0.39 is 5.82 Å². The molecule has 0 saturated heterocycles. The first-order valence-corrected chi connectivity index (χ1v) is 6.71. The summed E-state index contributed by atoms with van der Waals surface area (Å²) in [6.45, 7) is 2.17. The van der Waals surface area contributed by atoms with Gasteiger partial charge in [-0.15, -0.1) is 0 Å². The van der Waals surface area contributed by atoms with Crippen LogP contribution in [0.5, 0.6) is 0 Å². The standard InChI is InChI=1S/C15H19FN4O/c1-9(15(21)18-2)8-20(3)14-11(16)7-12(17)10-5-4-6-19-13(10)14/h4-7,9H,8,17H2,1-3H3,(H,18,21). The Balaban J connectivity index is 2.44. The lowest BCUT2D eigenvalue weighted by Gasteiger charge is -2.24. The molecule has 6 heteroatoms. The van der Waals surface area contributed by atoms with Crippen LogP contribution in [0.2, 0.25) is 0 Å². The topological polar surface area (TPSA) is 71.2 Å². The van der Waals surface area contributed by atoms with E-state index in [1.807, 2.05) is 0 Å². The lowest BCUT2D eigenvalue weighted by Crippen LogP contribution is -2.34. The Kier molecular flexibility index (Phi) is 4.26. The molecule has 0 fully saturated rings. The molecule has 3 N–H and O–H groups in total. The van der Waals surface area contributed by atoms with Gasteiger partial charge in [0.2, 0.25) is 5.91 Å². The van der Waals surface area contributed by atoms with Crippen LogP contribution in [0.4, 0.5) is 15.8 Å². The summed E-state index contributed by atoms with van der Waals surface area (Å²) < 4.78 is 14.3. The van der Waals surface area contributed by atoms with Crippen molar-refractivity contribution in [3.05, 3.63) is 30.2 Å². The van der Waals surface area contributed by atoms with Gasteiger partial charge in [0.25, 0.3) is 0 Å². The van der Waals surface area contributed by atoms with E-state index in [9.17, 15) is 9.18 Å². The van der Waals surface area contributed by atoms with Crippen LogP contribution >= 0.6 is 0 Å². The molecule has 0 aliphatic heterocycles. The number of hydrogen-bond acceptors (Lipinski definition) is 4. The molecule has 1 atom stereocenters. The van der Waals surface area contributed by atoms with Gasteiger partial charge in [-0.2, -0.15) is 0 Å². The number of hydrogen-bond donors (Lipinski definition) is 2. The molecule has 0 aliphatic carbocycles. The number of pyridine rings is 1. The number of anilines is 2. The number of carbonyl (C=O) groups excluding carboxylic acids is 1. The highest BCUT2D eigenvalue weighted by molar-refractivity contribution is 5.99. The number of nitrogen functional groups attached to an aromatic ring is 1. The summed E-state index contributed by atoms with van der Waals surface area (Å²) in [5, 5.41) is 3.29. The second-order valence-electron chi connectivity index (χ2n) is 5.09. The number of rotatable bonds is 4. The predicted octanol–water partition coefficient (Wildman–Crippen LogP) is 1.77. The number of nitrogens with zero attached hydrogens (tertiary/aromatic N) is 2. The van der Waals surface area contributed by atoms with E-state index in [0.29, 0.717) is 28.8 Å². The molecule has 112 valence electrons. The molecule has 5 nitrogen and oxygen atoms in total. The van der Waals surface area contributed by atoms with Crippen molar-refractivity contribution in [3.63, 3.8) is 0 Å². The quantitative estimate of drug-likeness (QED) is 0.842. The van der Waals surface area contributed by atoms with E-state index in [-0.39, 0.29) is 11.8 Å². The molecule has 0 spiro atoms. The Morgan fingerprint density at radius 3 is 2.95 bits per heavy atom. The zero-order chi connectivity index (χ0) is 15.6. The minimum absolute atomic E-state index is 0.0880. The Morgan fingerprint density at radius 1 is 1.57 bits per heavy atom. The number of benzene rings is 1. The SMILES string of the molecule is CNC(=O)C(C)CN(C)c1c(F)cc(N)c2cccnc12. The first-order valence-electron chi connectivity index (χ1n) is 6.71. The van der Waals surface area contributed by atoms with E-state index in [2.05, 4.69) is 10.3 Å². The third-order valence-electron chi connectivity index (χ3n) is 3.47. The molecule has 0 saturated carbocycles. The second-order valence-corrected chi connectivity index (χ2v) is 5.09. The number of nitrogens with two attached hydrogens (primary N) is 1. The molecular formula is C15H19FN4O. The highest BCUT2D eigenvalue weighted by Crippen LogP contribution is 2.32. The molecule has 21 heavy (non-hydrogen) atoms. The van der Waals surface area contributed by atoms with Gasteiger partial charge >= 0.3 is 0 Å². The zero-order valence-electron chi connectivity index (χ0n) is 12.4. The minimum Gasteiger partial charge on any atom is -0.398 e. The van der Waals surface area contributed by atoms with Crippen molar-refractivity contribution in [2.24, 2.45) is 5.92 Å². The van der Waals surface area contributed by atoms with Gasteiger partial charge in [-0.05, 0) is 18.2 Å². The zero-order valence-corrected chi connectivity index (χ0v) is 12.4. The largest absolute Gasteiger partial charge is 0.398 e. The molecule has 1 heterocycles. The molecular weight excluding hydrogens is 271 g/mol. The molecule has 0 bridgehead atoms. The highest BCUT2D eigenvalue weighted by Gasteiger charge is 2.19. The number of amides is 1. The molecule has 2 rings (SSSR count). The van der Waals surface area contributed by atoms with Crippen LogP contribution in [0.25, 0.3) is 10.9 Å². The second kappa shape index (κ2) is 5.95. The molecule has 0 radical (unpaired) electrons. The van der Waals surface area contributed by atoms with Crippen molar-refractivity contribution in [1.29, 1.82) is 0 Å². The predicted molar refractivity (Wildman–Crippen MR) is 82.6 cm³/mol. The van der Waals surface area contributed by atoms with Crippen LogP contribution in [0.15, 0.2) is 24.4 Å². The van der Waals surface area contributed by atoms with E-state index in [1.54, 1.807) is 44.2 Å². The molecule has 1 aromatic heterocycles. The molecule has 2 aromatic rings. The van der Waals surface area contributed by atoms with Gasteiger partial charge in [0.05, 0.1) is 17.1 Å². The number of aromatic nitrogens is 1. The van der Waals surface area contributed by atoms with Gasteiger partial charge in [0.1, 0.15) is 0 Å². The average molecular weight is 290 g/mol. The number of nitrogens with one attached hydrogen (secondary N) is 1. The number of carbonyl (C=O) groups is 1. The fourth-order valence-electron chi connectivity index (χ4n) is 2.42.